The van der Waals surface area contributed by atoms with Crippen molar-refractivity contribution in [2.45, 2.75) is 32.2 Å². The van der Waals surface area contributed by atoms with E-state index in [9.17, 15) is 4.79 Å². The summed E-state index contributed by atoms with van der Waals surface area (Å²) < 4.78 is 0. The fourth-order valence-electron chi connectivity index (χ4n) is 1.79. The molecular formula is C11H14ClN3O. The Labute approximate surface area is 99.4 Å². The van der Waals surface area contributed by atoms with Crippen molar-refractivity contribution in [3.8, 4) is 0 Å². The van der Waals surface area contributed by atoms with Crippen molar-refractivity contribution in [1.29, 1.82) is 0 Å². The second kappa shape index (κ2) is 4.78. The zero-order valence-electron chi connectivity index (χ0n) is 9.11. The molecule has 2 unspecified atom stereocenters. The number of halogens is 1. The molecule has 0 radical (unpaired) electrons. The fraction of sp³-hybridized carbons (Fsp3) is 0.545. The summed E-state index contributed by atoms with van der Waals surface area (Å²) in [7, 11) is 0. The number of hydrogen-bond acceptors (Lipinski definition) is 3. The van der Waals surface area contributed by atoms with E-state index in [1.54, 1.807) is 12.1 Å². The average Bonchev–Trinajstić information content (AvgIpc) is 2.98. The monoisotopic (exact) mass is 239 g/mol. The Balaban J connectivity index is 1.87. The Bertz CT molecular complexity index is 379. The van der Waals surface area contributed by atoms with Crippen molar-refractivity contribution >= 4 is 17.5 Å². The molecule has 1 N–H and O–H groups in total. The van der Waals surface area contributed by atoms with Gasteiger partial charge in [0.2, 0.25) is 0 Å². The lowest BCUT2D eigenvalue weighted by atomic mass is 10.2. The van der Waals surface area contributed by atoms with Gasteiger partial charge in [-0.15, -0.1) is 10.2 Å². The third kappa shape index (κ3) is 2.70. The van der Waals surface area contributed by atoms with Crippen LogP contribution in [0.4, 0.5) is 0 Å². The highest BCUT2D eigenvalue weighted by Crippen LogP contribution is 2.34. The lowest BCUT2D eigenvalue weighted by molar-refractivity contribution is 0.0943. The smallest absolute Gasteiger partial charge is 0.272 e. The van der Waals surface area contributed by atoms with E-state index in [2.05, 4.69) is 22.4 Å². The summed E-state index contributed by atoms with van der Waals surface area (Å²) in [6, 6.07) is 3.48. The second-order valence-corrected chi connectivity index (χ2v) is 4.49. The summed E-state index contributed by atoms with van der Waals surface area (Å²) in [4.78, 5) is 11.7. The third-order valence-corrected chi connectivity index (χ3v) is 2.96. The molecule has 1 saturated carbocycles. The van der Waals surface area contributed by atoms with Gasteiger partial charge in [-0.1, -0.05) is 24.9 Å². The highest BCUT2D eigenvalue weighted by molar-refractivity contribution is 6.29. The number of amides is 1. The Morgan fingerprint density at radius 1 is 1.56 bits per heavy atom. The molecule has 1 heterocycles. The molecule has 2 rings (SSSR count). The van der Waals surface area contributed by atoms with E-state index < -0.39 is 0 Å². The van der Waals surface area contributed by atoms with Crippen molar-refractivity contribution in [2.24, 2.45) is 5.92 Å². The van der Waals surface area contributed by atoms with E-state index in [4.69, 9.17) is 11.6 Å². The van der Waals surface area contributed by atoms with Gasteiger partial charge >= 0.3 is 0 Å². The number of nitrogens with zero attached hydrogens (tertiary/aromatic N) is 2. The first kappa shape index (κ1) is 11.3. The van der Waals surface area contributed by atoms with E-state index >= 15 is 0 Å². The molecule has 4 nitrogen and oxygen atoms in total. The molecule has 0 aromatic carbocycles. The normalized spacial score (nSPS) is 22.9. The van der Waals surface area contributed by atoms with Gasteiger partial charge in [0, 0.05) is 6.04 Å². The first-order valence-electron chi connectivity index (χ1n) is 5.50. The molecule has 1 amide bonds. The third-order valence-electron chi connectivity index (χ3n) is 2.76. The minimum atomic E-state index is -0.159. The van der Waals surface area contributed by atoms with Gasteiger partial charge in [-0.2, -0.15) is 0 Å². The Morgan fingerprint density at radius 2 is 2.38 bits per heavy atom. The van der Waals surface area contributed by atoms with Crippen LogP contribution < -0.4 is 5.32 Å². The molecule has 0 spiro atoms. The topological polar surface area (TPSA) is 54.9 Å². The summed E-state index contributed by atoms with van der Waals surface area (Å²) in [6.45, 7) is 2.15. The van der Waals surface area contributed by atoms with Gasteiger partial charge in [0.05, 0.1) is 0 Å². The molecule has 1 aromatic rings. The molecule has 0 bridgehead atoms. The van der Waals surface area contributed by atoms with E-state index in [1.807, 2.05) is 0 Å². The molecule has 1 aliphatic carbocycles. The van der Waals surface area contributed by atoms with Crippen LogP contribution in [0.25, 0.3) is 0 Å². The summed E-state index contributed by atoms with van der Waals surface area (Å²) in [5.74, 6) is 0.488. The number of carbonyl (C=O) groups excluding carboxylic acids is 1. The van der Waals surface area contributed by atoms with Crippen LogP contribution in [0.2, 0.25) is 5.15 Å². The molecule has 5 heteroatoms. The zero-order valence-corrected chi connectivity index (χ0v) is 9.87. The van der Waals surface area contributed by atoms with Crippen molar-refractivity contribution in [1.82, 2.24) is 15.5 Å². The van der Waals surface area contributed by atoms with Gasteiger partial charge in [0.15, 0.2) is 10.8 Å². The standard InChI is InChI=1S/C11H14ClN3O/c1-2-3-7-6-9(7)13-11(16)8-4-5-10(12)15-14-8/h4-5,7,9H,2-3,6H2,1H3,(H,13,16). The highest BCUT2D eigenvalue weighted by atomic mass is 35.5. The van der Waals surface area contributed by atoms with E-state index in [-0.39, 0.29) is 5.91 Å². The summed E-state index contributed by atoms with van der Waals surface area (Å²) in [5.41, 5.74) is 0.326. The number of aromatic nitrogens is 2. The highest BCUT2D eigenvalue weighted by Gasteiger charge is 2.37. The Hall–Kier alpha value is -1.16. The van der Waals surface area contributed by atoms with Gasteiger partial charge in [0.1, 0.15) is 0 Å². The predicted molar refractivity (Wildman–Crippen MR) is 61.3 cm³/mol. The lowest BCUT2D eigenvalue weighted by Gasteiger charge is -2.02. The minimum absolute atomic E-state index is 0.159. The van der Waals surface area contributed by atoms with Gasteiger partial charge in [-0.3, -0.25) is 4.79 Å². The number of hydrogen-bond donors (Lipinski definition) is 1. The van der Waals surface area contributed by atoms with Crippen LogP contribution in [-0.2, 0) is 0 Å². The molecule has 16 heavy (non-hydrogen) atoms. The number of carbonyl (C=O) groups is 1. The quantitative estimate of drug-likeness (QED) is 0.875. The van der Waals surface area contributed by atoms with Crippen molar-refractivity contribution in [3.63, 3.8) is 0 Å². The summed E-state index contributed by atoms with van der Waals surface area (Å²) >= 11 is 5.59. The SMILES string of the molecule is CCCC1CC1NC(=O)c1ccc(Cl)nn1. The largest absolute Gasteiger partial charge is 0.348 e. The van der Waals surface area contributed by atoms with Crippen LogP contribution in [0.5, 0.6) is 0 Å². The molecule has 0 saturated heterocycles. The maximum absolute atomic E-state index is 11.7. The predicted octanol–water partition coefficient (Wildman–Crippen LogP) is 2.05. The fourth-order valence-corrected chi connectivity index (χ4v) is 1.89. The molecular weight excluding hydrogens is 226 g/mol. The Morgan fingerprint density at radius 3 is 3.00 bits per heavy atom. The summed E-state index contributed by atoms with van der Waals surface area (Å²) in [6.07, 6.45) is 3.43. The van der Waals surface area contributed by atoms with Crippen LogP contribution >= 0.6 is 11.6 Å². The van der Waals surface area contributed by atoms with Crippen LogP contribution in [0.15, 0.2) is 12.1 Å². The molecule has 1 fully saturated rings. The van der Waals surface area contributed by atoms with Crippen molar-refractivity contribution < 1.29 is 4.79 Å². The molecule has 1 aliphatic rings. The van der Waals surface area contributed by atoms with Crippen molar-refractivity contribution in [2.75, 3.05) is 0 Å². The number of rotatable bonds is 4. The second-order valence-electron chi connectivity index (χ2n) is 4.11. The minimum Gasteiger partial charge on any atom is -0.348 e. The number of nitrogens with one attached hydrogen (secondary N) is 1. The average molecular weight is 240 g/mol. The first-order valence-corrected chi connectivity index (χ1v) is 5.88. The molecule has 86 valence electrons. The maximum Gasteiger partial charge on any atom is 0.272 e. The maximum atomic E-state index is 11.7. The van der Waals surface area contributed by atoms with Crippen molar-refractivity contribution in [3.05, 3.63) is 23.0 Å². The van der Waals surface area contributed by atoms with Crippen LogP contribution in [0.3, 0.4) is 0 Å². The van der Waals surface area contributed by atoms with Gasteiger partial charge in [0.25, 0.3) is 5.91 Å². The van der Waals surface area contributed by atoms with E-state index in [1.165, 1.54) is 6.42 Å². The van der Waals surface area contributed by atoms with E-state index in [0.717, 1.165) is 12.8 Å². The Kier molecular flexibility index (Phi) is 3.39. The van der Waals surface area contributed by atoms with Crippen LogP contribution in [0, 0.1) is 5.92 Å². The van der Waals surface area contributed by atoms with Crippen LogP contribution in [-0.4, -0.2) is 22.1 Å². The zero-order chi connectivity index (χ0) is 11.5. The van der Waals surface area contributed by atoms with Gasteiger partial charge in [-0.05, 0) is 30.9 Å². The molecule has 1 aromatic heterocycles. The first-order chi connectivity index (χ1) is 7.70. The lowest BCUT2D eigenvalue weighted by Crippen LogP contribution is -2.27. The summed E-state index contributed by atoms with van der Waals surface area (Å²) in [5, 5.41) is 10.6. The molecule has 0 aliphatic heterocycles. The molecule has 2 atom stereocenters. The van der Waals surface area contributed by atoms with Gasteiger partial charge in [-0.25, -0.2) is 0 Å². The van der Waals surface area contributed by atoms with Crippen LogP contribution in [0.1, 0.15) is 36.7 Å². The van der Waals surface area contributed by atoms with Gasteiger partial charge < -0.3 is 5.32 Å². The van der Waals surface area contributed by atoms with E-state index in [0.29, 0.717) is 22.8 Å².